The van der Waals surface area contributed by atoms with Crippen LogP contribution in [0.3, 0.4) is 0 Å². The van der Waals surface area contributed by atoms with Gasteiger partial charge >= 0.3 is 0 Å². The Labute approximate surface area is 109 Å². The van der Waals surface area contributed by atoms with E-state index in [0.29, 0.717) is 23.9 Å². The van der Waals surface area contributed by atoms with Crippen molar-refractivity contribution in [2.45, 2.75) is 19.3 Å². The molecule has 2 N–H and O–H groups in total. The fourth-order valence-electron chi connectivity index (χ4n) is 1.40. The molecule has 0 saturated heterocycles. The summed E-state index contributed by atoms with van der Waals surface area (Å²) < 4.78 is 0. The number of carbonyl (C=O) groups is 1. The first-order valence-corrected chi connectivity index (χ1v) is 6.27. The molecule has 94 valence electrons. The number of nitrogens with zero attached hydrogens (tertiary/aromatic N) is 4. The highest BCUT2D eigenvalue weighted by Gasteiger charge is 2.14. The molecule has 1 aromatic rings. The van der Waals surface area contributed by atoms with E-state index in [1.54, 1.807) is 5.38 Å². The van der Waals surface area contributed by atoms with Crippen LogP contribution in [0.1, 0.15) is 18.5 Å². The Morgan fingerprint density at radius 2 is 2.00 bits per heavy atom. The molecule has 0 bridgehead atoms. The maximum atomic E-state index is 12.0. The van der Waals surface area contributed by atoms with E-state index in [0.717, 1.165) is 0 Å². The van der Waals surface area contributed by atoms with E-state index < -0.39 is 0 Å². The van der Waals surface area contributed by atoms with Crippen molar-refractivity contribution in [3.63, 3.8) is 0 Å². The molecule has 1 aromatic heterocycles. The summed E-state index contributed by atoms with van der Waals surface area (Å²) >= 11 is 1.29. The van der Waals surface area contributed by atoms with Gasteiger partial charge in [0.15, 0.2) is 5.13 Å². The summed E-state index contributed by atoms with van der Waals surface area (Å²) in [6.45, 7) is 0.688. The number of aromatic nitrogens is 1. The number of nitrogens with two attached hydrogens (primary N) is 1. The van der Waals surface area contributed by atoms with Crippen LogP contribution in [0, 0.1) is 22.7 Å². The van der Waals surface area contributed by atoms with Crippen molar-refractivity contribution in [3.8, 4) is 12.1 Å². The van der Waals surface area contributed by atoms with Crippen molar-refractivity contribution in [2.75, 3.05) is 18.8 Å². The van der Waals surface area contributed by atoms with Crippen LogP contribution in [0.2, 0.25) is 0 Å². The number of rotatable bonds is 6. The Bertz CT molecular complexity index is 466. The van der Waals surface area contributed by atoms with Crippen molar-refractivity contribution in [1.29, 1.82) is 10.5 Å². The van der Waals surface area contributed by atoms with E-state index in [9.17, 15) is 4.79 Å². The first-order chi connectivity index (χ1) is 8.67. The fourth-order valence-corrected chi connectivity index (χ4v) is 1.96. The molecule has 0 fully saturated rings. The Kier molecular flexibility index (Phi) is 5.62. The number of hydrogen-bond acceptors (Lipinski definition) is 6. The molecule has 1 amide bonds. The number of thiazole rings is 1. The van der Waals surface area contributed by atoms with Gasteiger partial charge in [-0.2, -0.15) is 10.5 Å². The summed E-state index contributed by atoms with van der Waals surface area (Å²) in [5.74, 6) is -0.134. The van der Waals surface area contributed by atoms with E-state index in [2.05, 4.69) is 4.98 Å². The van der Waals surface area contributed by atoms with Crippen LogP contribution in [0.4, 0.5) is 5.13 Å². The first kappa shape index (κ1) is 13.9. The van der Waals surface area contributed by atoms with Crippen molar-refractivity contribution in [2.24, 2.45) is 0 Å². The Balaban J connectivity index is 2.58. The lowest BCUT2D eigenvalue weighted by Gasteiger charge is -2.19. The second-order valence-corrected chi connectivity index (χ2v) is 4.44. The number of nitrogen functional groups attached to an aromatic ring is 1. The lowest BCUT2D eigenvalue weighted by atomic mass is 10.2. The molecule has 0 radical (unpaired) electrons. The fraction of sp³-hybridized carbons (Fsp3) is 0.455. The Morgan fingerprint density at radius 3 is 2.44 bits per heavy atom. The summed E-state index contributed by atoms with van der Waals surface area (Å²) in [7, 11) is 0. The van der Waals surface area contributed by atoms with Gasteiger partial charge in [0.1, 0.15) is 0 Å². The smallest absolute Gasteiger partial charge is 0.228 e. The molecule has 18 heavy (non-hydrogen) atoms. The lowest BCUT2D eigenvalue weighted by Crippen LogP contribution is -2.34. The maximum Gasteiger partial charge on any atom is 0.228 e. The third kappa shape index (κ3) is 4.40. The molecule has 0 aliphatic rings. The topological polar surface area (TPSA) is 107 Å². The number of nitriles is 2. The maximum absolute atomic E-state index is 12.0. The summed E-state index contributed by atoms with van der Waals surface area (Å²) in [6, 6.07) is 3.97. The van der Waals surface area contributed by atoms with E-state index in [4.69, 9.17) is 16.3 Å². The van der Waals surface area contributed by atoms with Crippen LogP contribution in [-0.4, -0.2) is 28.9 Å². The van der Waals surface area contributed by atoms with Crippen LogP contribution in [0.25, 0.3) is 0 Å². The number of amides is 1. The van der Waals surface area contributed by atoms with Gasteiger partial charge in [0, 0.05) is 18.5 Å². The van der Waals surface area contributed by atoms with Gasteiger partial charge in [-0.25, -0.2) is 4.98 Å². The van der Waals surface area contributed by atoms with Crippen LogP contribution >= 0.6 is 11.3 Å². The normalized spacial score (nSPS) is 9.44. The molecule has 6 nitrogen and oxygen atoms in total. The zero-order chi connectivity index (χ0) is 13.4. The van der Waals surface area contributed by atoms with Crippen LogP contribution in [-0.2, 0) is 11.2 Å². The van der Waals surface area contributed by atoms with Gasteiger partial charge in [-0.05, 0) is 0 Å². The largest absolute Gasteiger partial charge is 0.375 e. The SMILES string of the molecule is N#CCCN(CCC#N)C(=O)Cc1csc(N)n1. The van der Waals surface area contributed by atoms with Gasteiger partial charge in [0.25, 0.3) is 0 Å². The molecule has 0 spiro atoms. The van der Waals surface area contributed by atoms with Gasteiger partial charge in [0.05, 0.1) is 37.1 Å². The van der Waals surface area contributed by atoms with Crippen molar-refractivity contribution in [1.82, 2.24) is 9.88 Å². The minimum atomic E-state index is -0.134. The number of carbonyl (C=O) groups excluding carboxylic acids is 1. The van der Waals surface area contributed by atoms with E-state index in [1.807, 2.05) is 12.1 Å². The molecule has 1 rings (SSSR count). The average Bonchev–Trinajstić information content (AvgIpc) is 2.75. The summed E-state index contributed by atoms with van der Waals surface area (Å²) in [5, 5.41) is 19.2. The predicted molar refractivity (Wildman–Crippen MR) is 67.3 cm³/mol. The van der Waals surface area contributed by atoms with Crippen molar-refractivity contribution < 1.29 is 4.79 Å². The third-order valence-electron chi connectivity index (χ3n) is 2.24. The van der Waals surface area contributed by atoms with Crippen LogP contribution < -0.4 is 5.73 Å². The average molecular weight is 263 g/mol. The molecule has 1 heterocycles. The monoisotopic (exact) mass is 263 g/mol. The quantitative estimate of drug-likeness (QED) is 0.821. The minimum Gasteiger partial charge on any atom is -0.375 e. The van der Waals surface area contributed by atoms with Crippen molar-refractivity contribution >= 4 is 22.4 Å². The molecule has 0 atom stereocenters. The van der Waals surface area contributed by atoms with Gasteiger partial charge in [0.2, 0.25) is 5.91 Å². The number of anilines is 1. The highest BCUT2D eigenvalue weighted by atomic mass is 32.1. The Morgan fingerprint density at radius 1 is 1.39 bits per heavy atom. The zero-order valence-electron chi connectivity index (χ0n) is 9.80. The Hall–Kier alpha value is -2.12. The zero-order valence-corrected chi connectivity index (χ0v) is 10.6. The third-order valence-corrected chi connectivity index (χ3v) is 2.96. The van der Waals surface area contributed by atoms with Gasteiger partial charge in [-0.15, -0.1) is 11.3 Å². The minimum absolute atomic E-state index is 0.134. The molecule has 7 heteroatoms. The number of hydrogen-bond donors (Lipinski definition) is 1. The van der Waals surface area contributed by atoms with E-state index in [-0.39, 0.29) is 25.2 Å². The molecule has 0 aliphatic carbocycles. The highest BCUT2D eigenvalue weighted by molar-refractivity contribution is 7.13. The highest BCUT2D eigenvalue weighted by Crippen LogP contribution is 2.12. The predicted octanol–water partition coefficient (Wildman–Crippen LogP) is 0.924. The van der Waals surface area contributed by atoms with Gasteiger partial charge < -0.3 is 10.6 Å². The van der Waals surface area contributed by atoms with Crippen LogP contribution in [0.5, 0.6) is 0 Å². The van der Waals surface area contributed by atoms with Gasteiger partial charge in [-0.1, -0.05) is 0 Å². The van der Waals surface area contributed by atoms with Gasteiger partial charge in [-0.3, -0.25) is 4.79 Å². The molecule has 0 aliphatic heterocycles. The molecule has 0 aromatic carbocycles. The molecule has 0 unspecified atom stereocenters. The first-order valence-electron chi connectivity index (χ1n) is 5.39. The van der Waals surface area contributed by atoms with Crippen molar-refractivity contribution in [3.05, 3.63) is 11.1 Å². The molecular formula is C11H13N5OS. The summed E-state index contributed by atoms with van der Waals surface area (Å²) in [6.07, 6.45) is 0.678. The second-order valence-electron chi connectivity index (χ2n) is 3.55. The standard InChI is InChI=1S/C11H13N5OS/c12-3-1-5-16(6-2-4-13)10(17)7-9-8-18-11(14)15-9/h8H,1-2,5-7H2,(H2,14,15). The second kappa shape index (κ2) is 7.25. The lowest BCUT2D eigenvalue weighted by molar-refractivity contribution is -0.130. The molecule has 0 saturated carbocycles. The van der Waals surface area contributed by atoms with Crippen LogP contribution in [0.15, 0.2) is 5.38 Å². The van der Waals surface area contributed by atoms with E-state index in [1.165, 1.54) is 16.2 Å². The summed E-state index contributed by atoms with van der Waals surface area (Å²) in [4.78, 5) is 17.5. The molecular weight excluding hydrogens is 250 g/mol. The van der Waals surface area contributed by atoms with E-state index >= 15 is 0 Å². The summed E-state index contributed by atoms with van der Waals surface area (Å²) in [5.41, 5.74) is 6.11.